The molecule has 0 N–H and O–H groups in total. The maximum absolute atomic E-state index is 6.62. The first-order valence-corrected chi connectivity index (χ1v) is 13.4. The van der Waals surface area contributed by atoms with E-state index in [4.69, 9.17) is 4.42 Å². The third-order valence-electron chi connectivity index (χ3n) is 6.36. The van der Waals surface area contributed by atoms with Crippen LogP contribution in [0.25, 0.3) is 0 Å². The fourth-order valence-corrected chi connectivity index (χ4v) is 4.47. The van der Waals surface area contributed by atoms with Gasteiger partial charge in [0.05, 0.1) is 0 Å². The molecule has 1 heteroatoms. The van der Waals surface area contributed by atoms with Crippen molar-refractivity contribution >= 4 is 0 Å². The second-order valence-corrected chi connectivity index (χ2v) is 9.15. The van der Waals surface area contributed by atoms with Gasteiger partial charge in [-0.05, 0) is 49.7 Å². The van der Waals surface area contributed by atoms with Gasteiger partial charge >= 0.3 is 0 Å². The van der Waals surface area contributed by atoms with Crippen LogP contribution in [0.5, 0.6) is 0 Å². The lowest BCUT2D eigenvalue weighted by molar-refractivity contribution is 0.441. The average molecular weight is 405 g/mol. The second-order valence-electron chi connectivity index (χ2n) is 9.15. The molecule has 0 aliphatic heterocycles. The summed E-state index contributed by atoms with van der Waals surface area (Å²) in [6, 6.07) is 0. The number of unbranched alkanes of at least 4 members (excludes halogenated alkanes) is 12. The predicted octanol–water partition coefficient (Wildman–Crippen LogP) is 9.77. The summed E-state index contributed by atoms with van der Waals surface area (Å²) in [5.41, 5.74) is 3.28. The Hall–Kier alpha value is -0.720. The zero-order valence-electron chi connectivity index (χ0n) is 20.6. The van der Waals surface area contributed by atoms with Crippen molar-refractivity contribution in [3.8, 4) is 0 Å². The van der Waals surface area contributed by atoms with Crippen LogP contribution in [0.3, 0.4) is 0 Å². The van der Waals surface area contributed by atoms with Gasteiger partial charge in [0, 0.05) is 12.8 Å². The molecule has 0 aliphatic rings. The largest absolute Gasteiger partial charge is 0.466 e. The van der Waals surface area contributed by atoms with E-state index in [1.807, 2.05) is 0 Å². The predicted molar refractivity (Wildman–Crippen MR) is 130 cm³/mol. The normalized spacial score (nSPS) is 11.4. The molecule has 1 rings (SSSR count). The molecule has 0 aliphatic carbocycles. The Labute approximate surface area is 183 Å². The van der Waals surface area contributed by atoms with Crippen LogP contribution in [0.15, 0.2) is 4.42 Å². The monoisotopic (exact) mass is 404 g/mol. The number of rotatable bonds is 20. The number of furan rings is 1. The van der Waals surface area contributed by atoms with E-state index in [1.165, 1.54) is 140 Å². The Morgan fingerprint density at radius 2 is 0.690 bits per heavy atom. The first kappa shape index (κ1) is 26.3. The summed E-state index contributed by atoms with van der Waals surface area (Å²) in [5.74, 6) is 2.74. The van der Waals surface area contributed by atoms with Gasteiger partial charge in [-0.1, -0.05) is 105 Å². The van der Waals surface area contributed by atoms with Crippen LogP contribution in [0.1, 0.15) is 153 Å². The summed E-state index contributed by atoms with van der Waals surface area (Å²) in [4.78, 5) is 0. The minimum atomic E-state index is 1.17. The summed E-state index contributed by atoms with van der Waals surface area (Å²) in [6.45, 7) is 9.22. The molecule has 0 bridgehead atoms. The van der Waals surface area contributed by atoms with Gasteiger partial charge in [-0.25, -0.2) is 0 Å². The molecule has 0 amide bonds. The van der Waals surface area contributed by atoms with Gasteiger partial charge in [0.1, 0.15) is 11.5 Å². The van der Waals surface area contributed by atoms with Crippen LogP contribution in [-0.2, 0) is 25.7 Å². The molecule has 1 nitrogen and oxygen atoms in total. The van der Waals surface area contributed by atoms with E-state index in [0.717, 1.165) is 0 Å². The fraction of sp³-hybridized carbons (Fsp3) is 0.857. The topological polar surface area (TPSA) is 13.1 Å². The van der Waals surface area contributed by atoms with Crippen LogP contribution in [0.4, 0.5) is 0 Å². The third-order valence-corrected chi connectivity index (χ3v) is 6.36. The van der Waals surface area contributed by atoms with E-state index < -0.39 is 0 Å². The quantitative estimate of drug-likeness (QED) is 0.197. The molecule has 0 fully saturated rings. The zero-order valence-corrected chi connectivity index (χ0v) is 20.6. The highest BCUT2D eigenvalue weighted by molar-refractivity contribution is 5.35. The molecule has 0 atom stereocenters. The van der Waals surface area contributed by atoms with Crippen molar-refractivity contribution in [2.45, 2.75) is 156 Å². The van der Waals surface area contributed by atoms with Crippen molar-refractivity contribution in [1.29, 1.82) is 0 Å². The highest BCUT2D eigenvalue weighted by Gasteiger charge is 2.19. The van der Waals surface area contributed by atoms with E-state index >= 15 is 0 Å². The minimum absolute atomic E-state index is 1.17. The maximum atomic E-state index is 6.62. The van der Waals surface area contributed by atoms with Gasteiger partial charge in [-0.15, -0.1) is 0 Å². The summed E-state index contributed by atoms with van der Waals surface area (Å²) >= 11 is 0. The highest BCUT2D eigenvalue weighted by atomic mass is 16.3. The van der Waals surface area contributed by atoms with Crippen LogP contribution >= 0.6 is 0 Å². The van der Waals surface area contributed by atoms with Crippen molar-refractivity contribution in [2.24, 2.45) is 0 Å². The van der Waals surface area contributed by atoms with E-state index in [1.54, 1.807) is 11.1 Å². The molecule has 0 spiro atoms. The smallest absolute Gasteiger partial charge is 0.107 e. The Balaban J connectivity index is 2.89. The van der Waals surface area contributed by atoms with Crippen LogP contribution in [-0.4, -0.2) is 0 Å². The fourth-order valence-electron chi connectivity index (χ4n) is 4.47. The number of hydrogen-bond acceptors (Lipinski definition) is 1. The number of hydrogen-bond donors (Lipinski definition) is 0. The first-order valence-electron chi connectivity index (χ1n) is 13.4. The molecule has 0 saturated carbocycles. The van der Waals surface area contributed by atoms with Gasteiger partial charge in [0.2, 0.25) is 0 Å². The average Bonchev–Trinajstić information content (AvgIpc) is 3.05. The summed E-state index contributed by atoms with van der Waals surface area (Å²) < 4.78 is 6.62. The molecular weight excluding hydrogens is 352 g/mol. The Morgan fingerprint density at radius 1 is 0.379 bits per heavy atom. The van der Waals surface area contributed by atoms with Crippen molar-refractivity contribution < 1.29 is 4.42 Å². The molecule has 0 aromatic carbocycles. The molecule has 0 unspecified atom stereocenters. The highest BCUT2D eigenvalue weighted by Crippen LogP contribution is 2.30. The van der Waals surface area contributed by atoms with Crippen LogP contribution < -0.4 is 0 Å². The Bertz CT molecular complexity index is 442. The second kappa shape index (κ2) is 18.1. The van der Waals surface area contributed by atoms with Gasteiger partial charge in [0.25, 0.3) is 0 Å². The van der Waals surface area contributed by atoms with Crippen molar-refractivity contribution in [1.82, 2.24) is 0 Å². The minimum Gasteiger partial charge on any atom is -0.466 e. The first-order chi connectivity index (χ1) is 14.3. The molecule has 1 aromatic heterocycles. The molecule has 0 radical (unpaired) electrons. The van der Waals surface area contributed by atoms with Crippen molar-refractivity contribution in [2.75, 3.05) is 0 Å². The Kier molecular flexibility index (Phi) is 16.4. The van der Waals surface area contributed by atoms with Crippen LogP contribution in [0.2, 0.25) is 0 Å². The number of aryl methyl sites for hydroxylation is 2. The van der Waals surface area contributed by atoms with E-state index in [9.17, 15) is 0 Å². The molecule has 170 valence electrons. The van der Waals surface area contributed by atoms with Crippen molar-refractivity contribution in [3.63, 3.8) is 0 Å². The summed E-state index contributed by atoms with van der Waals surface area (Å²) in [6.07, 6.45) is 26.3. The lowest BCUT2D eigenvalue weighted by Crippen LogP contribution is -1.99. The Morgan fingerprint density at radius 3 is 1.00 bits per heavy atom. The van der Waals surface area contributed by atoms with E-state index in [-0.39, 0.29) is 0 Å². The van der Waals surface area contributed by atoms with Gasteiger partial charge in [-0.3, -0.25) is 0 Å². The molecule has 1 heterocycles. The molecule has 1 aromatic rings. The van der Waals surface area contributed by atoms with E-state index in [0.29, 0.717) is 0 Å². The molecule has 0 saturated heterocycles. The van der Waals surface area contributed by atoms with Crippen LogP contribution in [0, 0.1) is 0 Å². The maximum Gasteiger partial charge on any atom is 0.107 e. The summed E-state index contributed by atoms with van der Waals surface area (Å²) in [7, 11) is 0. The van der Waals surface area contributed by atoms with Gasteiger partial charge < -0.3 is 4.42 Å². The lowest BCUT2D eigenvalue weighted by atomic mass is 9.94. The van der Waals surface area contributed by atoms with Gasteiger partial charge in [0.15, 0.2) is 0 Å². The molecule has 29 heavy (non-hydrogen) atoms. The molecular formula is C28H52O. The van der Waals surface area contributed by atoms with E-state index in [2.05, 4.69) is 27.7 Å². The summed E-state index contributed by atoms with van der Waals surface area (Å²) in [5, 5.41) is 0. The van der Waals surface area contributed by atoms with Gasteiger partial charge in [-0.2, -0.15) is 0 Å². The zero-order chi connectivity index (χ0) is 21.2. The standard InChI is InChI=1S/C28H52O/c1-5-9-13-17-21-25-26(22-18-14-10-6-2)28(24-20-16-12-8-4)29-27(25)23-19-15-11-7-3/h5-24H2,1-4H3. The third kappa shape index (κ3) is 11.3. The lowest BCUT2D eigenvalue weighted by Gasteiger charge is -2.08. The SMILES string of the molecule is CCCCCCc1oc(CCCCCC)c(CCCCCC)c1CCCCCC. The van der Waals surface area contributed by atoms with Crippen molar-refractivity contribution in [3.05, 3.63) is 22.6 Å².